The number of carbonyl (C=O) groups is 2. The Labute approximate surface area is 186 Å². The van der Waals surface area contributed by atoms with Gasteiger partial charge in [0, 0.05) is 23.4 Å². The van der Waals surface area contributed by atoms with Crippen molar-refractivity contribution in [1.29, 1.82) is 0 Å². The molecular weight excluding hydrogens is 454 g/mol. The maximum Gasteiger partial charge on any atom is 0.437 e. The number of hydrogen-bond acceptors (Lipinski definition) is 6. The van der Waals surface area contributed by atoms with Crippen molar-refractivity contribution in [3.05, 3.63) is 87.8 Å². The van der Waals surface area contributed by atoms with Gasteiger partial charge >= 0.3 is 7.75 Å². The number of ketones is 2. The molecular formula is C22H18FN2O5PS. The lowest BCUT2D eigenvalue weighted by Gasteiger charge is -2.14. The van der Waals surface area contributed by atoms with Crippen LogP contribution >= 0.6 is 19.1 Å². The van der Waals surface area contributed by atoms with Gasteiger partial charge in [-0.2, -0.15) is 0 Å². The van der Waals surface area contributed by atoms with Gasteiger partial charge < -0.3 is 4.89 Å². The van der Waals surface area contributed by atoms with Crippen LogP contribution in [0.5, 0.6) is 0 Å². The highest BCUT2D eigenvalue weighted by Crippen LogP contribution is 2.48. The molecule has 0 bridgehead atoms. The van der Waals surface area contributed by atoms with Crippen LogP contribution in [0.25, 0.3) is 10.9 Å². The molecule has 0 amide bonds. The quantitative estimate of drug-likeness (QED) is 0.279. The van der Waals surface area contributed by atoms with Gasteiger partial charge in [0.2, 0.25) is 5.78 Å². The van der Waals surface area contributed by atoms with Crippen molar-refractivity contribution in [2.45, 2.75) is 20.0 Å². The van der Waals surface area contributed by atoms with Gasteiger partial charge in [0.1, 0.15) is 11.5 Å². The molecule has 0 fully saturated rings. The zero-order valence-electron chi connectivity index (χ0n) is 16.9. The third kappa shape index (κ3) is 4.33. The van der Waals surface area contributed by atoms with Gasteiger partial charge in [-0.25, -0.2) is 13.9 Å². The summed E-state index contributed by atoms with van der Waals surface area (Å²) in [5, 5.41) is 1.66. The Balaban J connectivity index is 1.74. The molecule has 2 heterocycles. The van der Waals surface area contributed by atoms with Gasteiger partial charge in [0.05, 0.1) is 17.7 Å². The summed E-state index contributed by atoms with van der Waals surface area (Å²) in [6.45, 7) is 1.56. The fourth-order valence-corrected chi connectivity index (χ4v) is 5.10. The van der Waals surface area contributed by atoms with Crippen molar-refractivity contribution in [1.82, 2.24) is 9.32 Å². The number of aromatic nitrogens is 2. The first-order valence-corrected chi connectivity index (χ1v) is 12.1. The fourth-order valence-electron chi connectivity index (χ4n) is 3.17. The highest BCUT2D eigenvalue weighted by molar-refractivity contribution is 7.51. The minimum absolute atomic E-state index is 0.0121. The van der Waals surface area contributed by atoms with Crippen molar-refractivity contribution in [3.8, 4) is 0 Å². The lowest BCUT2D eigenvalue weighted by atomic mass is 10.1. The second-order valence-corrected chi connectivity index (χ2v) is 9.47. The molecule has 0 radical (unpaired) electrons. The lowest BCUT2D eigenvalue weighted by molar-refractivity contribution is 0.0984. The average molecular weight is 472 g/mol. The van der Waals surface area contributed by atoms with E-state index in [0.29, 0.717) is 5.56 Å². The van der Waals surface area contributed by atoms with Gasteiger partial charge in [-0.1, -0.05) is 37.3 Å². The number of hydrogen-bond donors (Lipinski definition) is 1. The summed E-state index contributed by atoms with van der Waals surface area (Å²) >= 11 is 0.986. The normalized spacial score (nSPS) is 13.2. The van der Waals surface area contributed by atoms with Gasteiger partial charge in [0.15, 0.2) is 10.8 Å². The Bertz CT molecular complexity index is 1370. The Hall–Kier alpha value is -2.97. The standard InChI is InChI=1S/C22H18FN2O5PS/c1-2-20(26)18-13-32-22(24-18)21(27)17-11-25(19-9-8-15(23)10-16(17)19)31(28,29)30-12-14-6-4-3-5-7-14/h3-11,13H,2,12H2,1H3,(H,28,29). The zero-order chi connectivity index (χ0) is 22.9. The molecule has 0 spiro atoms. The van der Waals surface area contributed by atoms with E-state index in [9.17, 15) is 23.4 Å². The molecule has 1 N–H and O–H groups in total. The number of fused-ring (bicyclic) bond motifs is 1. The number of carbonyl (C=O) groups excluding carboxylic acids is 2. The molecule has 164 valence electrons. The third-order valence-electron chi connectivity index (χ3n) is 4.81. The van der Waals surface area contributed by atoms with Crippen LogP contribution in [0.15, 0.2) is 60.1 Å². The number of rotatable bonds is 8. The van der Waals surface area contributed by atoms with Crippen molar-refractivity contribution < 1.29 is 28.0 Å². The second kappa shape index (κ2) is 8.88. The van der Waals surface area contributed by atoms with E-state index < -0.39 is 19.3 Å². The summed E-state index contributed by atoms with van der Waals surface area (Å²) in [7, 11) is -4.43. The fraction of sp³-hybridized carbons (Fsp3) is 0.136. The monoisotopic (exact) mass is 472 g/mol. The topological polar surface area (TPSA) is 98.5 Å². The van der Waals surface area contributed by atoms with Crippen LogP contribution in [0, 0.1) is 5.82 Å². The maximum absolute atomic E-state index is 14.0. The first kappa shape index (κ1) is 22.2. The minimum atomic E-state index is -4.43. The summed E-state index contributed by atoms with van der Waals surface area (Å²) in [5.41, 5.74) is 1.02. The molecule has 0 saturated heterocycles. The average Bonchev–Trinajstić information content (AvgIpc) is 3.43. The first-order chi connectivity index (χ1) is 15.3. The summed E-state index contributed by atoms with van der Waals surface area (Å²) < 4.78 is 33.2. The Kier molecular flexibility index (Phi) is 6.17. The Morgan fingerprint density at radius 1 is 1.22 bits per heavy atom. The molecule has 0 aliphatic heterocycles. The van der Waals surface area contributed by atoms with Gasteiger partial charge in [-0.3, -0.25) is 18.5 Å². The molecule has 4 rings (SSSR count). The van der Waals surface area contributed by atoms with E-state index >= 15 is 0 Å². The smallest absolute Gasteiger partial charge is 0.308 e. The number of halogens is 1. The van der Waals surface area contributed by atoms with Gasteiger partial charge in [0.25, 0.3) is 0 Å². The van der Waals surface area contributed by atoms with E-state index in [4.69, 9.17) is 4.52 Å². The van der Waals surface area contributed by atoms with Crippen LogP contribution in [-0.4, -0.2) is 25.8 Å². The van der Waals surface area contributed by atoms with Crippen LogP contribution in [0.2, 0.25) is 0 Å². The predicted molar refractivity (Wildman–Crippen MR) is 119 cm³/mol. The molecule has 2 aromatic carbocycles. The van der Waals surface area contributed by atoms with Crippen LogP contribution in [0.4, 0.5) is 4.39 Å². The lowest BCUT2D eigenvalue weighted by Crippen LogP contribution is -2.03. The number of benzene rings is 2. The van der Waals surface area contributed by atoms with E-state index in [1.165, 1.54) is 17.6 Å². The molecule has 1 atom stereocenters. The van der Waals surface area contributed by atoms with Gasteiger partial charge in [-0.05, 0) is 23.8 Å². The largest absolute Gasteiger partial charge is 0.437 e. The van der Waals surface area contributed by atoms with Crippen molar-refractivity contribution in [2.75, 3.05) is 0 Å². The Morgan fingerprint density at radius 2 is 1.97 bits per heavy atom. The molecule has 0 aliphatic rings. The summed E-state index contributed by atoms with van der Waals surface area (Å²) in [6.07, 6.45) is 1.41. The van der Waals surface area contributed by atoms with Crippen LogP contribution in [0.3, 0.4) is 0 Å². The van der Waals surface area contributed by atoms with Crippen molar-refractivity contribution in [2.24, 2.45) is 0 Å². The predicted octanol–water partition coefficient (Wildman–Crippen LogP) is 5.23. The van der Waals surface area contributed by atoms with Crippen molar-refractivity contribution in [3.63, 3.8) is 0 Å². The number of thiazole rings is 1. The molecule has 1 unspecified atom stereocenters. The molecule has 2 aromatic heterocycles. The zero-order valence-corrected chi connectivity index (χ0v) is 18.6. The molecule has 0 saturated carbocycles. The van der Waals surface area contributed by atoms with Crippen LogP contribution in [-0.2, 0) is 15.7 Å². The summed E-state index contributed by atoms with van der Waals surface area (Å²) in [6, 6.07) is 12.4. The van der Waals surface area contributed by atoms with E-state index in [1.807, 2.05) is 6.07 Å². The SMILES string of the molecule is CCC(=O)c1csc(C(=O)c2cn(P(=O)(O)OCc3ccccc3)c3ccc(F)cc23)n1. The highest BCUT2D eigenvalue weighted by atomic mass is 32.1. The van der Waals surface area contributed by atoms with E-state index in [-0.39, 0.29) is 46.0 Å². The van der Waals surface area contributed by atoms with Gasteiger partial charge in [-0.15, -0.1) is 11.3 Å². The molecule has 7 nitrogen and oxygen atoms in total. The van der Waals surface area contributed by atoms with E-state index in [1.54, 1.807) is 31.2 Å². The van der Waals surface area contributed by atoms with Crippen LogP contribution < -0.4 is 0 Å². The van der Waals surface area contributed by atoms with Crippen LogP contribution in [0.1, 0.15) is 44.8 Å². The molecule has 0 aliphatic carbocycles. The van der Waals surface area contributed by atoms with Crippen molar-refractivity contribution >= 4 is 41.6 Å². The summed E-state index contributed by atoms with van der Waals surface area (Å²) in [4.78, 5) is 39.7. The highest BCUT2D eigenvalue weighted by Gasteiger charge is 2.29. The molecule has 32 heavy (non-hydrogen) atoms. The number of Topliss-reactive ketones (excluding diaryl/α,β-unsaturated/α-hetero) is 1. The summed E-state index contributed by atoms with van der Waals surface area (Å²) in [5.74, 6) is -1.39. The first-order valence-electron chi connectivity index (χ1n) is 9.66. The van der Waals surface area contributed by atoms with E-state index in [2.05, 4.69) is 4.98 Å². The second-order valence-electron chi connectivity index (χ2n) is 6.94. The minimum Gasteiger partial charge on any atom is -0.308 e. The molecule has 10 heteroatoms. The maximum atomic E-state index is 14.0. The number of nitrogens with zero attached hydrogens (tertiary/aromatic N) is 2. The molecule has 4 aromatic rings. The van der Waals surface area contributed by atoms with E-state index in [0.717, 1.165) is 27.8 Å². The third-order valence-corrected chi connectivity index (χ3v) is 6.99. The Morgan fingerprint density at radius 3 is 2.69 bits per heavy atom.